The molecule has 0 atom stereocenters. The highest BCUT2D eigenvalue weighted by Gasteiger charge is 2.47. The Morgan fingerprint density at radius 3 is 2.05 bits per heavy atom. The van der Waals surface area contributed by atoms with Crippen molar-refractivity contribution in [2.24, 2.45) is 0 Å². The molecule has 4 heteroatoms. The zero-order chi connectivity index (χ0) is 16.0. The molecule has 1 aromatic carbocycles. The van der Waals surface area contributed by atoms with Gasteiger partial charge >= 0.3 is 6.03 Å². The third-order valence-electron chi connectivity index (χ3n) is 5.62. The molecule has 22 heavy (non-hydrogen) atoms. The molecule has 1 saturated heterocycles. The second kappa shape index (κ2) is 5.27. The minimum Gasteiger partial charge on any atom is -0.336 e. The van der Waals surface area contributed by atoms with E-state index in [1.54, 1.807) is 0 Å². The average molecular weight is 301 g/mol. The summed E-state index contributed by atoms with van der Waals surface area (Å²) in [4.78, 5) is 13.9. The molecule has 0 bridgehead atoms. The van der Waals surface area contributed by atoms with Crippen molar-refractivity contribution in [3.05, 3.63) is 34.9 Å². The van der Waals surface area contributed by atoms with Crippen molar-refractivity contribution < 1.29 is 4.79 Å². The van der Waals surface area contributed by atoms with E-state index >= 15 is 0 Å². The number of benzene rings is 1. The van der Waals surface area contributed by atoms with Crippen LogP contribution >= 0.6 is 0 Å². The summed E-state index contributed by atoms with van der Waals surface area (Å²) in [5.41, 5.74) is 4.12. The maximum absolute atomic E-state index is 11.5. The lowest BCUT2D eigenvalue weighted by atomic mass is 9.68. The summed E-state index contributed by atoms with van der Waals surface area (Å²) in [5, 5.41) is 6.08. The van der Waals surface area contributed by atoms with E-state index in [2.05, 4.69) is 61.7 Å². The molecule has 2 aliphatic rings. The molecule has 0 radical (unpaired) electrons. The molecule has 1 aromatic rings. The number of carbonyl (C=O) groups excluding carboxylic acids is 1. The first kappa shape index (κ1) is 15.3. The first-order valence-electron chi connectivity index (χ1n) is 8.18. The molecule has 2 fully saturated rings. The van der Waals surface area contributed by atoms with Crippen LogP contribution in [0.25, 0.3) is 0 Å². The van der Waals surface area contributed by atoms with Gasteiger partial charge in [-0.15, -0.1) is 0 Å². The fourth-order valence-electron chi connectivity index (χ4n) is 4.26. The van der Waals surface area contributed by atoms with E-state index in [0.29, 0.717) is 0 Å². The second-order valence-electron chi connectivity index (χ2n) is 7.39. The molecular formula is C18H27N3O. The Bertz CT molecular complexity index is 566. The zero-order valence-corrected chi connectivity index (χ0v) is 14.1. The molecule has 1 heterocycles. The summed E-state index contributed by atoms with van der Waals surface area (Å²) in [6, 6.07) is 6.88. The van der Waals surface area contributed by atoms with Crippen molar-refractivity contribution >= 4 is 6.03 Å². The van der Waals surface area contributed by atoms with Crippen LogP contribution in [-0.2, 0) is 5.54 Å². The summed E-state index contributed by atoms with van der Waals surface area (Å²) in [6.45, 7) is 5.11. The highest BCUT2D eigenvalue weighted by atomic mass is 16.2. The van der Waals surface area contributed by atoms with Crippen LogP contribution < -0.4 is 10.6 Å². The standard InChI is InChI=1S/C18H27N3O/c1-13-9-14(2)11-15(10-13)18(21(3)4)7-5-17(6-8-18)12-19-16(22)20-17/h9-11H,5-8,12H2,1-4H3,(H2,19,20,22)/t17-,18+. The third kappa shape index (κ3) is 2.50. The van der Waals surface area contributed by atoms with E-state index in [1.165, 1.54) is 16.7 Å². The van der Waals surface area contributed by atoms with Gasteiger partial charge < -0.3 is 10.6 Å². The number of urea groups is 1. The lowest BCUT2D eigenvalue weighted by molar-refractivity contribution is 0.0652. The molecule has 0 unspecified atom stereocenters. The van der Waals surface area contributed by atoms with Gasteiger partial charge in [-0.1, -0.05) is 29.3 Å². The largest absolute Gasteiger partial charge is 0.336 e. The third-order valence-corrected chi connectivity index (χ3v) is 5.62. The van der Waals surface area contributed by atoms with Gasteiger partial charge in [0.1, 0.15) is 0 Å². The Kier molecular flexibility index (Phi) is 3.68. The molecule has 0 aromatic heterocycles. The van der Waals surface area contributed by atoms with E-state index in [0.717, 1.165) is 32.2 Å². The van der Waals surface area contributed by atoms with E-state index in [4.69, 9.17) is 0 Å². The van der Waals surface area contributed by atoms with Crippen molar-refractivity contribution in [1.82, 2.24) is 15.5 Å². The number of rotatable bonds is 2. The van der Waals surface area contributed by atoms with Crippen LogP contribution in [0.1, 0.15) is 42.4 Å². The predicted octanol–water partition coefficient (Wildman–Crippen LogP) is 2.69. The number of carbonyl (C=O) groups is 1. The van der Waals surface area contributed by atoms with Crippen molar-refractivity contribution in [3.63, 3.8) is 0 Å². The highest BCUT2D eigenvalue weighted by molar-refractivity contribution is 5.77. The smallest absolute Gasteiger partial charge is 0.315 e. The molecule has 2 amide bonds. The topological polar surface area (TPSA) is 44.4 Å². The molecule has 1 spiro atoms. The van der Waals surface area contributed by atoms with Crippen LogP contribution in [-0.4, -0.2) is 37.1 Å². The Morgan fingerprint density at radius 2 is 1.59 bits per heavy atom. The minimum atomic E-state index is -0.0323. The van der Waals surface area contributed by atoms with Crippen LogP contribution in [0.3, 0.4) is 0 Å². The highest BCUT2D eigenvalue weighted by Crippen LogP contribution is 2.45. The van der Waals surface area contributed by atoms with Crippen molar-refractivity contribution in [3.8, 4) is 0 Å². The quantitative estimate of drug-likeness (QED) is 0.882. The van der Waals surface area contributed by atoms with Crippen LogP contribution in [0, 0.1) is 13.8 Å². The van der Waals surface area contributed by atoms with Gasteiger partial charge in [0.25, 0.3) is 0 Å². The Morgan fingerprint density at radius 1 is 1.00 bits per heavy atom. The average Bonchev–Trinajstić information content (AvgIpc) is 2.80. The SMILES string of the molecule is Cc1cc(C)cc([C@]2(N(C)C)CC[C@@]3(CC2)CNC(=O)N3)c1. The van der Waals surface area contributed by atoms with Crippen LogP contribution in [0.15, 0.2) is 18.2 Å². The maximum Gasteiger partial charge on any atom is 0.315 e. The van der Waals surface area contributed by atoms with E-state index in [1.807, 2.05) is 0 Å². The zero-order valence-electron chi connectivity index (χ0n) is 14.1. The normalized spacial score (nSPS) is 31.4. The molecule has 4 nitrogen and oxygen atoms in total. The monoisotopic (exact) mass is 301 g/mol. The summed E-state index contributed by atoms with van der Waals surface area (Å²) in [5.74, 6) is 0. The molecule has 120 valence electrons. The fourth-order valence-corrected chi connectivity index (χ4v) is 4.26. The molecule has 1 aliphatic heterocycles. The summed E-state index contributed by atoms with van der Waals surface area (Å²) < 4.78 is 0. The van der Waals surface area contributed by atoms with Gasteiger partial charge in [-0.2, -0.15) is 0 Å². The lowest BCUT2D eigenvalue weighted by Crippen LogP contribution is -2.54. The molecule has 1 aliphatic carbocycles. The number of nitrogens with zero attached hydrogens (tertiary/aromatic N) is 1. The van der Waals surface area contributed by atoms with Gasteiger partial charge in [0, 0.05) is 12.1 Å². The summed E-state index contributed by atoms with van der Waals surface area (Å²) in [7, 11) is 4.36. The molecule has 3 rings (SSSR count). The second-order valence-corrected chi connectivity index (χ2v) is 7.39. The van der Waals surface area contributed by atoms with Crippen LogP contribution in [0.2, 0.25) is 0 Å². The molecule has 2 N–H and O–H groups in total. The number of amides is 2. The van der Waals surface area contributed by atoms with Crippen molar-refractivity contribution in [2.45, 2.75) is 50.6 Å². The van der Waals surface area contributed by atoms with Crippen molar-refractivity contribution in [1.29, 1.82) is 0 Å². The number of aryl methyl sites for hydroxylation is 2. The first-order valence-corrected chi connectivity index (χ1v) is 8.18. The van der Waals surface area contributed by atoms with Gasteiger partial charge in [-0.05, 0) is 59.2 Å². The van der Waals surface area contributed by atoms with E-state index < -0.39 is 0 Å². The number of hydrogen-bond acceptors (Lipinski definition) is 2. The summed E-state index contributed by atoms with van der Waals surface area (Å²) >= 11 is 0. The first-order chi connectivity index (χ1) is 10.4. The molecule has 1 saturated carbocycles. The van der Waals surface area contributed by atoms with Gasteiger partial charge in [0.2, 0.25) is 0 Å². The maximum atomic E-state index is 11.5. The summed E-state index contributed by atoms with van der Waals surface area (Å²) in [6.07, 6.45) is 4.20. The van der Waals surface area contributed by atoms with Crippen LogP contribution in [0.5, 0.6) is 0 Å². The van der Waals surface area contributed by atoms with Crippen molar-refractivity contribution in [2.75, 3.05) is 20.6 Å². The lowest BCUT2D eigenvalue weighted by Gasteiger charge is -2.48. The fraction of sp³-hybridized carbons (Fsp3) is 0.611. The Labute approximate surface area is 133 Å². The van der Waals surface area contributed by atoms with Crippen LogP contribution in [0.4, 0.5) is 4.79 Å². The predicted molar refractivity (Wildman–Crippen MR) is 89.0 cm³/mol. The van der Waals surface area contributed by atoms with Gasteiger partial charge in [0.05, 0.1) is 5.54 Å². The minimum absolute atomic E-state index is 0.0104. The molecular weight excluding hydrogens is 274 g/mol. The van der Waals surface area contributed by atoms with E-state index in [-0.39, 0.29) is 17.1 Å². The number of hydrogen-bond donors (Lipinski definition) is 2. The van der Waals surface area contributed by atoms with Gasteiger partial charge in [0.15, 0.2) is 0 Å². The Hall–Kier alpha value is -1.55. The van der Waals surface area contributed by atoms with Gasteiger partial charge in [-0.25, -0.2) is 4.79 Å². The van der Waals surface area contributed by atoms with E-state index in [9.17, 15) is 4.79 Å². The Balaban J connectivity index is 1.90. The van der Waals surface area contributed by atoms with Gasteiger partial charge in [-0.3, -0.25) is 4.90 Å². The number of nitrogens with one attached hydrogen (secondary N) is 2.